The van der Waals surface area contributed by atoms with Crippen molar-refractivity contribution in [1.82, 2.24) is 4.57 Å². The summed E-state index contributed by atoms with van der Waals surface area (Å²) in [5.74, 6) is 0. The molecule has 0 saturated carbocycles. The standard InChI is InChI=1S/C70H46N2.2C2H6/c1-4-16-47(17-5-1)48-30-37-56(38-31-48)72-67-27-15-14-25-63(67)65-45-53(34-43-68(65)72)49-32-35-55(36-33-49)71(57-39-41-60-54(44-57)29-28-50-18-10-11-23-59(50)60)58-40-42-62-61-24-12-13-26-64(61)70(66(62)46-58)69(51-19-6-2-7-20-51)52-21-8-3-9-22-52;2*1-2/h1-46H;2*1-2H3. The Labute approximate surface area is 446 Å². The van der Waals surface area contributed by atoms with Crippen LogP contribution < -0.4 is 4.90 Å². The summed E-state index contributed by atoms with van der Waals surface area (Å²) in [6.07, 6.45) is 0. The molecule has 0 N–H and O–H groups in total. The van der Waals surface area contributed by atoms with Crippen molar-refractivity contribution in [1.29, 1.82) is 0 Å². The normalized spacial score (nSPS) is 11.4. The zero-order valence-electron chi connectivity index (χ0n) is 43.5. The van der Waals surface area contributed by atoms with Crippen LogP contribution in [0.2, 0.25) is 0 Å². The first kappa shape index (κ1) is 47.5. The van der Waals surface area contributed by atoms with Crippen LogP contribution in [0.15, 0.2) is 279 Å². The monoisotopic (exact) mass is 974 g/mol. The van der Waals surface area contributed by atoms with Gasteiger partial charge >= 0.3 is 0 Å². The van der Waals surface area contributed by atoms with E-state index in [1.54, 1.807) is 0 Å². The van der Waals surface area contributed by atoms with Gasteiger partial charge < -0.3 is 9.47 Å². The van der Waals surface area contributed by atoms with Crippen LogP contribution in [-0.4, -0.2) is 4.57 Å². The predicted molar refractivity (Wildman–Crippen MR) is 327 cm³/mol. The minimum absolute atomic E-state index is 1.09. The molecule has 14 rings (SSSR count). The zero-order valence-corrected chi connectivity index (χ0v) is 43.5. The molecule has 0 saturated heterocycles. The van der Waals surface area contributed by atoms with Gasteiger partial charge in [-0.15, -0.1) is 0 Å². The summed E-state index contributed by atoms with van der Waals surface area (Å²) in [5.41, 5.74) is 21.4. The maximum atomic E-state index is 2.43. The van der Waals surface area contributed by atoms with Crippen LogP contribution in [0.5, 0.6) is 0 Å². The highest BCUT2D eigenvalue weighted by atomic mass is 15.1. The number of benzene rings is 12. The number of nitrogens with zero attached hydrogens (tertiary/aromatic N) is 2. The van der Waals surface area contributed by atoms with E-state index < -0.39 is 0 Å². The average molecular weight is 975 g/mol. The Morgan fingerprint density at radius 3 is 1.50 bits per heavy atom. The largest absolute Gasteiger partial charge is 0.310 e. The average Bonchev–Trinajstić information content (AvgIpc) is 4.02. The molecule has 0 radical (unpaired) electrons. The Hall–Kier alpha value is -9.50. The third kappa shape index (κ3) is 8.44. The van der Waals surface area contributed by atoms with Gasteiger partial charge in [0.2, 0.25) is 0 Å². The molecule has 0 unspecified atom stereocenters. The molecule has 1 heterocycles. The molecule has 364 valence electrons. The Morgan fingerprint density at radius 1 is 0.289 bits per heavy atom. The number of para-hydroxylation sites is 1. The van der Waals surface area contributed by atoms with E-state index >= 15 is 0 Å². The molecule has 1 aliphatic carbocycles. The summed E-state index contributed by atoms with van der Waals surface area (Å²) in [6.45, 7) is 8.00. The van der Waals surface area contributed by atoms with Crippen molar-refractivity contribution in [2.24, 2.45) is 0 Å². The van der Waals surface area contributed by atoms with Gasteiger partial charge in [-0.25, -0.2) is 0 Å². The van der Waals surface area contributed by atoms with Crippen LogP contribution >= 0.6 is 0 Å². The lowest BCUT2D eigenvalue weighted by molar-refractivity contribution is 1.18. The lowest BCUT2D eigenvalue weighted by atomic mass is 9.88. The number of hydrogen-bond acceptors (Lipinski definition) is 1. The molecule has 0 amide bonds. The molecule has 1 aromatic heterocycles. The number of fused-ring (bicyclic) bond motifs is 9. The smallest absolute Gasteiger partial charge is 0.0541 e. The van der Waals surface area contributed by atoms with Gasteiger partial charge in [0.25, 0.3) is 0 Å². The van der Waals surface area contributed by atoms with Crippen LogP contribution in [0.1, 0.15) is 49.9 Å². The summed E-state index contributed by atoms with van der Waals surface area (Å²) < 4.78 is 2.40. The summed E-state index contributed by atoms with van der Waals surface area (Å²) >= 11 is 0. The summed E-state index contributed by atoms with van der Waals surface area (Å²) in [7, 11) is 0. The van der Waals surface area contributed by atoms with E-state index in [1.165, 1.54) is 110 Å². The van der Waals surface area contributed by atoms with Gasteiger partial charge in [-0.1, -0.05) is 240 Å². The summed E-state index contributed by atoms with van der Waals surface area (Å²) in [5, 5.41) is 7.44. The highest BCUT2D eigenvalue weighted by Gasteiger charge is 2.29. The second-order valence-electron chi connectivity index (χ2n) is 18.8. The van der Waals surface area contributed by atoms with Crippen LogP contribution in [0.4, 0.5) is 17.1 Å². The molecule has 13 aromatic rings. The van der Waals surface area contributed by atoms with E-state index in [0.29, 0.717) is 0 Å². The molecule has 2 heteroatoms. The first-order valence-corrected chi connectivity index (χ1v) is 26.8. The van der Waals surface area contributed by atoms with Crippen molar-refractivity contribution in [2.45, 2.75) is 27.7 Å². The highest BCUT2D eigenvalue weighted by Crippen LogP contribution is 2.51. The van der Waals surface area contributed by atoms with Crippen LogP contribution in [0, 0.1) is 0 Å². The minimum atomic E-state index is 1.09. The van der Waals surface area contributed by atoms with Crippen molar-refractivity contribution in [3.05, 3.63) is 301 Å². The lowest BCUT2D eigenvalue weighted by Gasteiger charge is -2.27. The van der Waals surface area contributed by atoms with Gasteiger partial charge in [0, 0.05) is 33.5 Å². The molecular formula is C74H58N2. The van der Waals surface area contributed by atoms with Crippen molar-refractivity contribution in [3.63, 3.8) is 0 Å². The van der Waals surface area contributed by atoms with E-state index in [2.05, 4.69) is 289 Å². The molecule has 0 aliphatic heterocycles. The van der Waals surface area contributed by atoms with E-state index in [-0.39, 0.29) is 0 Å². The summed E-state index contributed by atoms with van der Waals surface area (Å²) in [6, 6.07) is 102. The SMILES string of the molecule is CC.CC.c1ccc(C(=C2c3ccccc3-c3ccc(N(c4ccc(-c5ccc6c(c5)c5ccccc5n6-c5ccc(-c6ccccc6)cc5)cc4)c4ccc5c(ccc6ccccc65)c4)cc32)c2ccccc2)cc1. The molecule has 12 aromatic carbocycles. The molecule has 0 fully saturated rings. The van der Waals surface area contributed by atoms with Gasteiger partial charge in [0.15, 0.2) is 0 Å². The van der Waals surface area contributed by atoms with Crippen LogP contribution in [-0.2, 0) is 0 Å². The van der Waals surface area contributed by atoms with Crippen LogP contribution in [0.25, 0.3) is 93.6 Å². The number of rotatable bonds is 8. The molecule has 0 spiro atoms. The van der Waals surface area contributed by atoms with Gasteiger partial charge in [0.1, 0.15) is 0 Å². The second kappa shape index (κ2) is 20.8. The molecule has 76 heavy (non-hydrogen) atoms. The maximum absolute atomic E-state index is 2.43. The van der Waals surface area contributed by atoms with E-state index in [0.717, 1.165) is 22.7 Å². The first-order chi connectivity index (χ1) is 37.7. The van der Waals surface area contributed by atoms with Gasteiger partial charge in [-0.3, -0.25) is 0 Å². The van der Waals surface area contributed by atoms with Crippen molar-refractivity contribution < 1.29 is 0 Å². The van der Waals surface area contributed by atoms with Gasteiger partial charge in [-0.05, 0) is 155 Å². The number of anilines is 3. The molecule has 0 bridgehead atoms. The van der Waals surface area contributed by atoms with Crippen molar-refractivity contribution in [2.75, 3.05) is 4.90 Å². The third-order valence-corrected chi connectivity index (χ3v) is 14.7. The second-order valence-corrected chi connectivity index (χ2v) is 18.8. The minimum Gasteiger partial charge on any atom is -0.310 e. The Kier molecular flexibility index (Phi) is 13.0. The quantitative estimate of drug-likeness (QED) is 0.138. The van der Waals surface area contributed by atoms with Gasteiger partial charge in [0.05, 0.1) is 11.0 Å². The third-order valence-electron chi connectivity index (χ3n) is 14.7. The Bertz CT molecular complexity index is 4180. The maximum Gasteiger partial charge on any atom is 0.0541 e. The molecule has 0 atom stereocenters. The fraction of sp³-hybridized carbons (Fsp3) is 0.0541. The van der Waals surface area contributed by atoms with E-state index in [9.17, 15) is 0 Å². The Morgan fingerprint density at radius 2 is 0.776 bits per heavy atom. The number of hydrogen-bond donors (Lipinski definition) is 0. The number of aromatic nitrogens is 1. The lowest BCUT2D eigenvalue weighted by Crippen LogP contribution is -2.10. The Balaban J connectivity index is 0.00000142. The zero-order chi connectivity index (χ0) is 51.5. The molecule has 2 nitrogen and oxygen atoms in total. The van der Waals surface area contributed by atoms with Crippen molar-refractivity contribution >= 4 is 71.6 Å². The fourth-order valence-corrected chi connectivity index (χ4v) is 11.4. The van der Waals surface area contributed by atoms with E-state index in [4.69, 9.17) is 0 Å². The molecule has 1 aliphatic rings. The van der Waals surface area contributed by atoms with Gasteiger partial charge in [-0.2, -0.15) is 0 Å². The summed E-state index contributed by atoms with van der Waals surface area (Å²) in [4.78, 5) is 2.43. The van der Waals surface area contributed by atoms with Crippen molar-refractivity contribution in [3.8, 4) is 39.1 Å². The van der Waals surface area contributed by atoms with E-state index in [1.807, 2.05) is 27.7 Å². The fourth-order valence-electron chi connectivity index (χ4n) is 11.4. The molecular weight excluding hydrogens is 917 g/mol. The topological polar surface area (TPSA) is 8.17 Å². The first-order valence-electron chi connectivity index (χ1n) is 26.8. The van der Waals surface area contributed by atoms with Crippen LogP contribution in [0.3, 0.4) is 0 Å². The highest BCUT2D eigenvalue weighted by molar-refractivity contribution is 6.15. The predicted octanol–water partition coefficient (Wildman–Crippen LogP) is 20.9.